The molecule has 4 heteroatoms. The molecule has 0 heterocycles. The van der Waals surface area contributed by atoms with Crippen molar-refractivity contribution in [1.82, 2.24) is 0 Å². The summed E-state index contributed by atoms with van der Waals surface area (Å²) >= 11 is 0. The van der Waals surface area contributed by atoms with Crippen LogP contribution in [0.4, 0.5) is 0 Å². The van der Waals surface area contributed by atoms with Crippen molar-refractivity contribution in [2.45, 2.75) is 31.9 Å². The third-order valence-electron chi connectivity index (χ3n) is 2.71. The van der Waals surface area contributed by atoms with Gasteiger partial charge in [0.1, 0.15) is 0 Å². The van der Waals surface area contributed by atoms with E-state index in [1.807, 2.05) is 0 Å². The van der Waals surface area contributed by atoms with E-state index in [9.17, 15) is 4.79 Å². The van der Waals surface area contributed by atoms with Crippen LogP contribution in [0.2, 0.25) is 0 Å². The van der Waals surface area contributed by atoms with Crippen LogP contribution < -0.4 is 5.73 Å². The van der Waals surface area contributed by atoms with Crippen LogP contribution in [0.3, 0.4) is 0 Å². The number of aliphatic hydroxyl groups excluding tert-OH is 1. The molecule has 0 aliphatic heterocycles. The SMILES string of the molecule is C[C@H](N)C1CC1.O=C(O)[C@H](O)c1ccccc1. The van der Waals surface area contributed by atoms with E-state index in [0.29, 0.717) is 11.6 Å². The molecule has 0 amide bonds. The van der Waals surface area contributed by atoms with E-state index in [1.54, 1.807) is 30.3 Å². The maximum Gasteiger partial charge on any atom is 0.337 e. The Hall–Kier alpha value is -1.39. The first-order chi connectivity index (χ1) is 8.02. The summed E-state index contributed by atoms with van der Waals surface area (Å²) in [5, 5.41) is 17.4. The lowest BCUT2D eigenvalue weighted by atomic mass is 10.1. The van der Waals surface area contributed by atoms with Gasteiger partial charge >= 0.3 is 5.97 Å². The Labute approximate surface area is 101 Å². The van der Waals surface area contributed by atoms with Crippen molar-refractivity contribution in [3.63, 3.8) is 0 Å². The van der Waals surface area contributed by atoms with Crippen LogP contribution in [0.1, 0.15) is 31.4 Å². The molecular formula is C13H19NO3. The number of aliphatic carboxylic acids is 1. The minimum absolute atomic E-state index is 0.403. The predicted octanol–water partition coefficient (Wildman–Crippen LogP) is 1.55. The third kappa shape index (κ3) is 4.97. The lowest BCUT2D eigenvalue weighted by Gasteiger charge is -2.03. The summed E-state index contributed by atoms with van der Waals surface area (Å²) in [5.41, 5.74) is 5.90. The van der Waals surface area contributed by atoms with Crippen molar-refractivity contribution in [2.24, 2.45) is 11.7 Å². The molecule has 0 aromatic heterocycles. The largest absolute Gasteiger partial charge is 0.479 e. The normalized spacial score (nSPS) is 17.6. The van der Waals surface area contributed by atoms with E-state index >= 15 is 0 Å². The Kier molecular flexibility index (Phi) is 5.12. The van der Waals surface area contributed by atoms with Gasteiger partial charge in [0.2, 0.25) is 0 Å². The van der Waals surface area contributed by atoms with Gasteiger partial charge < -0.3 is 15.9 Å². The minimum atomic E-state index is -1.41. The second-order valence-corrected chi connectivity index (χ2v) is 4.35. The van der Waals surface area contributed by atoms with Crippen LogP contribution in [0.25, 0.3) is 0 Å². The van der Waals surface area contributed by atoms with E-state index < -0.39 is 12.1 Å². The lowest BCUT2D eigenvalue weighted by molar-refractivity contribution is -0.146. The highest BCUT2D eigenvalue weighted by Crippen LogP contribution is 2.30. The first-order valence-corrected chi connectivity index (χ1v) is 5.73. The molecule has 1 fully saturated rings. The fraction of sp³-hybridized carbons (Fsp3) is 0.462. The van der Waals surface area contributed by atoms with Crippen LogP contribution in [-0.2, 0) is 4.79 Å². The third-order valence-corrected chi connectivity index (χ3v) is 2.71. The summed E-state index contributed by atoms with van der Waals surface area (Å²) in [5.74, 6) is -0.346. The number of aliphatic hydroxyl groups is 1. The fourth-order valence-corrected chi connectivity index (χ4v) is 1.40. The van der Waals surface area contributed by atoms with Gasteiger partial charge in [-0.25, -0.2) is 4.79 Å². The van der Waals surface area contributed by atoms with Crippen LogP contribution in [0.15, 0.2) is 30.3 Å². The highest BCUT2D eigenvalue weighted by Gasteiger charge is 2.24. The molecule has 0 saturated heterocycles. The van der Waals surface area contributed by atoms with Crippen LogP contribution >= 0.6 is 0 Å². The summed E-state index contributed by atoms with van der Waals surface area (Å²) in [6.07, 6.45) is 1.34. The van der Waals surface area contributed by atoms with Gasteiger partial charge in [-0.05, 0) is 31.2 Å². The van der Waals surface area contributed by atoms with Crippen molar-refractivity contribution >= 4 is 5.97 Å². The number of hydrogen-bond acceptors (Lipinski definition) is 3. The smallest absolute Gasteiger partial charge is 0.337 e. The maximum atomic E-state index is 10.2. The van der Waals surface area contributed by atoms with Crippen LogP contribution in [-0.4, -0.2) is 22.2 Å². The van der Waals surface area contributed by atoms with Gasteiger partial charge in [-0.2, -0.15) is 0 Å². The maximum absolute atomic E-state index is 10.2. The van der Waals surface area contributed by atoms with Crippen LogP contribution in [0.5, 0.6) is 0 Å². The highest BCUT2D eigenvalue weighted by atomic mass is 16.4. The van der Waals surface area contributed by atoms with Crippen molar-refractivity contribution in [1.29, 1.82) is 0 Å². The number of hydrogen-bond donors (Lipinski definition) is 3. The molecule has 4 nitrogen and oxygen atoms in total. The van der Waals surface area contributed by atoms with E-state index in [-0.39, 0.29) is 0 Å². The Morgan fingerprint density at radius 1 is 1.35 bits per heavy atom. The van der Waals surface area contributed by atoms with E-state index in [4.69, 9.17) is 15.9 Å². The zero-order valence-electron chi connectivity index (χ0n) is 9.91. The number of benzene rings is 1. The number of carbonyl (C=O) groups is 1. The zero-order chi connectivity index (χ0) is 12.8. The second-order valence-electron chi connectivity index (χ2n) is 4.35. The molecular weight excluding hydrogens is 218 g/mol. The highest BCUT2D eigenvalue weighted by molar-refractivity contribution is 5.73. The number of rotatable bonds is 3. The monoisotopic (exact) mass is 237 g/mol. The van der Waals surface area contributed by atoms with Crippen molar-refractivity contribution in [3.05, 3.63) is 35.9 Å². The molecule has 94 valence electrons. The summed E-state index contributed by atoms with van der Waals surface area (Å²) in [6.45, 7) is 2.08. The molecule has 2 rings (SSSR count). The zero-order valence-corrected chi connectivity index (χ0v) is 9.91. The molecule has 1 saturated carbocycles. The molecule has 0 radical (unpaired) electrons. The predicted molar refractivity (Wildman–Crippen MR) is 65.4 cm³/mol. The minimum Gasteiger partial charge on any atom is -0.479 e. The van der Waals surface area contributed by atoms with Gasteiger partial charge in [0.15, 0.2) is 6.10 Å². The Morgan fingerprint density at radius 3 is 2.18 bits per heavy atom. The van der Waals surface area contributed by atoms with Gasteiger partial charge in [0.05, 0.1) is 0 Å². The number of carboxylic acid groups (broad SMARTS) is 1. The first-order valence-electron chi connectivity index (χ1n) is 5.73. The van der Waals surface area contributed by atoms with Gasteiger partial charge in [0, 0.05) is 6.04 Å². The van der Waals surface area contributed by atoms with Gasteiger partial charge in [0.25, 0.3) is 0 Å². The molecule has 2 atom stereocenters. The van der Waals surface area contributed by atoms with E-state index in [2.05, 4.69) is 6.92 Å². The second kappa shape index (κ2) is 6.37. The Bertz CT molecular complexity index is 347. The molecule has 1 aromatic carbocycles. The molecule has 1 aliphatic carbocycles. The number of nitrogens with two attached hydrogens (primary N) is 1. The molecule has 1 aromatic rings. The average Bonchev–Trinajstić information content (AvgIpc) is 3.13. The molecule has 4 N–H and O–H groups in total. The first kappa shape index (κ1) is 13.7. The molecule has 17 heavy (non-hydrogen) atoms. The van der Waals surface area contributed by atoms with Crippen molar-refractivity contribution in [2.75, 3.05) is 0 Å². The standard InChI is InChI=1S/C8H8O3.C5H11N/c9-7(8(10)11)6-4-2-1-3-5-6;1-4(6)5-2-3-5/h1-5,7,9H,(H,10,11);4-5H,2-3,6H2,1H3/t7-;4-/m10/s1. The van der Waals surface area contributed by atoms with Crippen molar-refractivity contribution in [3.8, 4) is 0 Å². The quantitative estimate of drug-likeness (QED) is 0.744. The van der Waals surface area contributed by atoms with Gasteiger partial charge in [-0.15, -0.1) is 0 Å². The Balaban J connectivity index is 0.000000202. The fourth-order valence-electron chi connectivity index (χ4n) is 1.40. The topological polar surface area (TPSA) is 83.6 Å². The van der Waals surface area contributed by atoms with E-state index in [1.165, 1.54) is 12.8 Å². The van der Waals surface area contributed by atoms with E-state index in [0.717, 1.165) is 5.92 Å². The van der Waals surface area contributed by atoms with Crippen molar-refractivity contribution < 1.29 is 15.0 Å². The molecule has 0 spiro atoms. The van der Waals surface area contributed by atoms with Gasteiger partial charge in [-0.3, -0.25) is 0 Å². The molecule has 0 unspecified atom stereocenters. The lowest BCUT2D eigenvalue weighted by Crippen LogP contribution is -2.16. The molecule has 1 aliphatic rings. The average molecular weight is 237 g/mol. The summed E-state index contributed by atoms with van der Waals surface area (Å²) in [7, 11) is 0. The van der Waals surface area contributed by atoms with Crippen LogP contribution in [0, 0.1) is 5.92 Å². The Morgan fingerprint density at radius 2 is 1.88 bits per heavy atom. The summed E-state index contributed by atoms with van der Waals surface area (Å²) in [4.78, 5) is 10.2. The van der Waals surface area contributed by atoms with Gasteiger partial charge in [-0.1, -0.05) is 30.3 Å². The summed E-state index contributed by atoms with van der Waals surface area (Å²) in [6, 6.07) is 8.73. The number of carboxylic acids is 1. The molecule has 0 bridgehead atoms. The summed E-state index contributed by atoms with van der Waals surface area (Å²) < 4.78 is 0.